The van der Waals surface area contributed by atoms with Crippen molar-refractivity contribution in [2.45, 2.75) is 45.7 Å². The number of carboxylic acids is 1. The molecular formula is C11H18N4O3. The number of carbonyl (C=O) groups is 2. The summed E-state index contributed by atoms with van der Waals surface area (Å²) < 4.78 is 1.21. The molecule has 0 aliphatic heterocycles. The van der Waals surface area contributed by atoms with Gasteiger partial charge >= 0.3 is 5.97 Å². The summed E-state index contributed by atoms with van der Waals surface area (Å²) in [7, 11) is 0. The van der Waals surface area contributed by atoms with E-state index >= 15 is 0 Å². The zero-order valence-corrected chi connectivity index (χ0v) is 10.6. The lowest BCUT2D eigenvalue weighted by Gasteiger charge is -2.12. The number of carboxylic acid groups (broad SMARTS) is 1. The molecule has 0 radical (unpaired) electrons. The summed E-state index contributed by atoms with van der Waals surface area (Å²) in [6, 6.07) is 0.111. The maximum atomic E-state index is 11.6. The first-order valence-electron chi connectivity index (χ1n) is 5.95. The third kappa shape index (κ3) is 4.52. The molecular weight excluding hydrogens is 236 g/mol. The molecule has 0 aliphatic rings. The summed E-state index contributed by atoms with van der Waals surface area (Å²) in [6.07, 6.45) is 4.32. The van der Waals surface area contributed by atoms with Gasteiger partial charge in [0.2, 0.25) is 5.91 Å². The molecule has 0 spiro atoms. The number of amides is 1. The van der Waals surface area contributed by atoms with Crippen LogP contribution in [0.2, 0.25) is 0 Å². The number of aromatic nitrogens is 3. The molecule has 1 amide bonds. The standard InChI is InChI=1S/C11H18N4O3/c1-3-4-5-8(2)12-10(16)7-15-6-9(11(17)18)13-14-15/h6,8H,3-5,7H2,1-2H3,(H,12,16)(H,17,18). The SMILES string of the molecule is CCCCC(C)NC(=O)Cn1cc(C(=O)O)nn1. The zero-order valence-electron chi connectivity index (χ0n) is 10.6. The number of carbonyl (C=O) groups excluding carboxylic acids is 1. The second-order valence-corrected chi connectivity index (χ2v) is 4.22. The molecule has 1 aromatic rings. The minimum absolute atomic E-state index is 0.0171. The van der Waals surface area contributed by atoms with Gasteiger partial charge in [-0.1, -0.05) is 25.0 Å². The van der Waals surface area contributed by atoms with Crippen molar-refractivity contribution in [3.05, 3.63) is 11.9 Å². The zero-order chi connectivity index (χ0) is 13.5. The van der Waals surface area contributed by atoms with Crippen LogP contribution < -0.4 is 5.32 Å². The summed E-state index contributed by atoms with van der Waals surface area (Å²) in [5, 5.41) is 18.5. The largest absolute Gasteiger partial charge is 0.476 e. The first-order chi connectivity index (χ1) is 8.52. The molecule has 7 heteroatoms. The van der Waals surface area contributed by atoms with Gasteiger partial charge in [-0.05, 0) is 13.3 Å². The third-order valence-corrected chi connectivity index (χ3v) is 2.46. The summed E-state index contributed by atoms with van der Waals surface area (Å²) >= 11 is 0. The fourth-order valence-corrected chi connectivity index (χ4v) is 1.52. The van der Waals surface area contributed by atoms with Crippen LogP contribution in [0.3, 0.4) is 0 Å². The molecule has 0 aromatic carbocycles. The van der Waals surface area contributed by atoms with Gasteiger partial charge in [-0.25, -0.2) is 9.48 Å². The van der Waals surface area contributed by atoms with Crippen LogP contribution in [-0.2, 0) is 11.3 Å². The second kappa shape index (κ2) is 6.73. The van der Waals surface area contributed by atoms with Crippen molar-refractivity contribution in [2.75, 3.05) is 0 Å². The quantitative estimate of drug-likeness (QED) is 0.745. The monoisotopic (exact) mass is 254 g/mol. The van der Waals surface area contributed by atoms with E-state index in [9.17, 15) is 9.59 Å². The lowest BCUT2D eigenvalue weighted by atomic mass is 10.1. The van der Waals surface area contributed by atoms with Crippen molar-refractivity contribution >= 4 is 11.9 Å². The van der Waals surface area contributed by atoms with E-state index in [0.29, 0.717) is 0 Å². The Hall–Kier alpha value is -1.92. The van der Waals surface area contributed by atoms with Crippen LogP contribution in [0.1, 0.15) is 43.6 Å². The number of aromatic carboxylic acids is 1. The molecule has 2 N–H and O–H groups in total. The van der Waals surface area contributed by atoms with Crippen LogP contribution in [-0.4, -0.2) is 38.0 Å². The van der Waals surface area contributed by atoms with Gasteiger partial charge in [0.05, 0.1) is 6.20 Å². The van der Waals surface area contributed by atoms with Gasteiger partial charge in [-0.2, -0.15) is 0 Å². The molecule has 0 saturated heterocycles. The van der Waals surface area contributed by atoms with Crippen molar-refractivity contribution in [3.63, 3.8) is 0 Å². The van der Waals surface area contributed by atoms with E-state index in [1.165, 1.54) is 10.9 Å². The lowest BCUT2D eigenvalue weighted by molar-refractivity contribution is -0.122. The second-order valence-electron chi connectivity index (χ2n) is 4.22. The van der Waals surface area contributed by atoms with Gasteiger partial charge in [-0.3, -0.25) is 4.79 Å². The van der Waals surface area contributed by atoms with Gasteiger partial charge in [0, 0.05) is 6.04 Å². The number of hydrogen-bond acceptors (Lipinski definition) is 4. The summed E-state index contributed by atoms with van der Waals surface area (Å²) in [5.74, 6) is -1.35. The van der Waals surface area contributed by atoms with Crippen molar-refractivity contribution < 1.29 is 14.7 Å². The van der Waals surface area contributed by atoms with Gasteiger partial charge in [-0.15, -0.1) is 5.10 Å². The van der Waals surface area contributed by atoms with Crippen molar-refractivity contribution in [1.29, 1.82) is 0 Å². The number of hydrogen-bond donors (Lipinski definition) is 2. The minimum Gasteiger partial charge on any atom is -0.476 e. The van der Waals surface area contributed by atoms with Crippen LogP contribution in [0.15, 0.2) is 6.20 Å². The molecule has 1 aromatic heterocycles. The summed E-state index contributed by atoms with van der Waals surface area (Å²) in [5.41, 5.74) is -0.165. The molecule has 0 aliphatic carbocycles. The van der Waals surface area contributed by atoms with Crippen LogP contribution in [0, 0.1) is 0 Å². The highest BCUT2D eigenvalue weighted by Gasteiger charge is 2.11. The summed E-state index contributed by atoms with van der Waals surface area (Å²) in [4.78, 5) is 22.2. The topological polar surface area (TPSA) is 97.1 Å². The number of unbranched alkanes of at least 4 members (excludes halogenated alkanes) is 1. The van der Waals surface area contributed by atoms with E-state index < -0.39 is 5.97 Å². The minimum atomic E-state index is -1.15. The highest BCUT2D eigenvalue weighted by molar-refractivity contribution is 5.84. The van der Waals surface area contributed by atoms with E-state index in [-0.39, 0.29) is 24.2 Å². The Morgan fingerprint density at radius 3 is 2.83 bits per heavy atom. The fourth-order valence-electron chi connectivity index (χ4n) is 1.52. The first-order valence-corrected chi connectivity index (χ1v) is 5.95. The van der Waals surface area contributed by atoms with Crippen molar-refractivity contribution in [2.24, 2.45) is 0 Å². The molecule has 1 unspecified atom stereocenters. The Bertz CT molecular complexity index is 416. The first kappa shape index (κ1) is 14.1. The molecule has 1 rings (SSSR count). The van der Waals surface area contributed by atoms with E-state index in [1.807, 2.05) is 6.92 Å². The Morgan fingerprint density at radius 2 is 2.28 bits per heavy atom. The van der Waals surface area contributed by atoms with E-state index in [1.54, 1.807) is 0 Å². The van der Waals surface area contributed by atoms with Gasteiger partial charge in [0.1, 0.15) is 6.54 Å². The number of nitrogens with one attached hydrogen (secondary N) is 1. The van der Waals surface area contributed by atoms with E-state index in [4.69, 9.17) is 5.11 Å². The van der Waals surface area contributed by atoms with Crippen LogP contribution in [0.4, 0.5) is 0 Å². The normalized spacial score (nSPS) is 12.1. The van der Waals surface area contributed by atoms with Crippen molar-refractivity contribution in [3.8, 4) is 0 Å². The van der Waals surface area contributed by atoms with Gasteiger partial charge in [0.15, 0.2) is 5.69 Å². The van der Waals surface area contributed by atoms with Crippen LogP contribution in [0.5, 0.6) is 0 Å². The average Bonchev–Trinajstić information content (AvgIpc) is 2.74. The van der Waals surface area contributed by atoms with Crippen molar-refractivity contribution in [1.82, 2.24) is 20.3 Å². The van der Waals surface area contributed by atoms with Crippen LogP contribution >= 0.6 is 0 Å². The number of nitrogens with zero attached hydrogens (tertiary/aromatic N) is 3. The third-order valence-electron chi connectivity index (χ3n) is 2.46. The molecule has 0 saturated carbocycles. The maximum absolute atomic E-state index is 11.6. The highest BCUT2D eigenvalue weighted by atomic mass is 16.4. The molecule has 1 heterocycles. The Balaban J connectivity index is 2.41. The number of rotatable bonds is 7. The molecule has 100 valence electrons. The smallest absolute Gasteiger partial charge is 0.358 e. The highest BCUT2D eigenvalue weighted by Crippen LogP contribution is 1.99. The maximum Gasteiger partial charge on any atom is 0.358 e. The average molecular weight is 254 g/mol. The summed E-state index contributed by atoms with van der Waals surface area (Å²) in [6.45, 7) is 4.02. The Labute approximate surface area is 105 Å². The molecule has 0 fully saturated rings. The fraction of sp³-hybridized carbons (Fsp3) is 0.636. The Morgan fingerprint density at radius 1 is 1.56 bits per heavy atom. The van der Waals surface area contributed by atoms with Crippen LogP contribution in [0.25, 0.3) is 0 Å². The van der Waals surface area contributed by atoms with E-state index in [2.05, 4.69) is 22.6 Å². The predicted molar refractivity (Wildman–Crippen MR) is 64.1 cm³/mol. The molecule has 18 heavy (non-hydrogen) atoms. The molecule has 1 atom stereocenters. The van der Waals surface area contributed by atoms with E-state index in [0.717, 1.165) is 19.3 Å². The predicted octanol–water partition coefficient (Wildman–Crippen LogP) is 0.671. The van der Waals surface area contributed by atoms with Gasteiger partial charge in [0.25, 0.3) is 0 Å². The van der Waals surface area contributed by atoms with Gasteiger partial charge < -0.3 is 10.4 Å². The Kier molecular flexibility index (Phi) is 5.29. The molecule has 7 nitrogen and oxygen atoms in total. The lowest BCUT2D eigenvalue weighted by Crippen LogP contribution is -2.35. The molecule has 0 bridgehead atoms.